The van der Waals surface area contributed by atoms with E-state index in [4.69, 9.17) is 23.6 Å². The summed E-state index contributed by atoms with van der Waals surface area (Å²) in [6.07, 6.45) is 0. The van der Waals surface area contributed by atoms with Crippen LogP contribution >= 0.6 is 23.6 Å². The summed E-state index contributed by atoms with van der Waals surface area (Å²) in [5.74, 6) is 0.365. The predicted molar refractivity (Wildman–Crippen MR) is 79.7 cm³/mol. The van der Waals surface area contributed by atoms with Gasteiger partial charge in [-0.3, -0.25) is 0 Å². The van der Waals surface area contributed by atoms with Gasteiger partial charge in [0, 0.05) is 0 Å². The van der Waals surface area contributed by atoms with E-state index < -0.39 is 0 Å². The molecule has 2 aromatic carbocycles. The van der Waals surface area contributed by atoms with Crippen LogP contribution in [-0.2, 0) is 0 Å². The molecule has 0 amide bonds. The Bertz CT molecular complexity index is 495. The van der Waals surface area contributed by atoms with Gasteiger partial charge in [0.25, 0.3) is 0 Å². The predicted octanol–water partition coefficient (Wildman–Crippen LogP) is 3.37. The molecule has 4 N–H and O–H groups in total. The van der Waals surface area contributed by atoms with Crippen molar-refractivity contribution in [1.82, 2.24) is 9.67 Å². The van der Waals surface area contributed by atoms with Crippen LogP contribution in [0.1, 0.15) is 23.2 Å². The third-order valence-electron chi connectivity index (χ3n) is 3.07. The number of benzene rings is 2. The van der Waals surface area contributed by atoms with Gasteiger partial charge in [0.1, 0.15) is 11.5 Å². The van der Waals surface area contributed by atoms with Gasteiger partial charge in [-0.2, -0.15) is 0 Å². The zero-order valence-electron chi connectivity index (χ0n) is 10.4. The average molecular weight is 313 g/mol. The standard InChI is InChI=1S/C14H14Cl2N2O2/c15-17-13(9-1-5-11(19)6-2-9)14(18-16)10-3-7-12(20)8-4-10/h1-8,13-14,17-20H. The maximum atomic E-state index is 9.33. The lowest BCUT2D eigenvalue weighted by Gasteiger charge is -2.25. The lowest BCUT2D eigenvalue weighted by molar-refractivity contribution is 0.469. The molecule has 0 spiro atoms. The monoisotopic (exact) mass is 312 g/mol. The molecule has 0 radical (unpaired) electrons. The second-order valence-corrected chi connectivity index (χ2v) is 4.79. The maximum absolute atomic E-state index is 9.33. The fourth-order valence-corrected chi connectivity index (χ4v) is 2.50. The average Bonchev–Trinajstić information content (AvgIpc) is 2.47. The zero-order chi connectivity index (χ0) is 14.5. The van der Waals surface area contributed by atoms with Crippen molar-refractivity contribution in [3.8, 4) is 11.5 Å². The van der Waals surface area contributed by atoms with Gasteiger partial charge >= 0.3 is 0 Å². The van der Waals surface area contributed by atoms with E-state index in [2.05, 4.69) is 9.67 Å². The molecule has 6 heteroatoms. The molecule has 0 aromatic heterocycles. The number of phenolic OH excluding ortho intramolecular Hbond substituents is 2. The second kappa shape index (κ2) is 6.81. The van der Waals surface area contributed by atoms with Crippen LogP contribution in [-0.4, -0.2) is 10.2 Å². The van der Waals surface area contributed by atoms with Crippen LogP contribution in [0.3, 0.4) is 0 Å². The van der Waals surface area contributed by atoms with Gasteiger partial charge in [0.05, 0.1) is 12.1 Å². The topological polar surface area (TPSA) is 64.5 Å². The van der Waals surface area contributed by atoms with Crippen molar-refractivity contribution in [2.24, 2.45) is 0 Å². The number of halogens is 2. The third-order valence-corrected chi connectivity index (χ3v) is 3.54. The highest BCUT2D eigenvalue weighted by molar-refractivity contribution is 6.14. The first kappa shape index (κ1) is 14.9. The highest BCUT2D eigenvalue weighted by Gasteiger charge is 2.23. The second-order valence-electron chi connectivity index (χ2n) is 4.36. The summed E-state index contributed by atoms with van der Waals surface area (Å²) in [5, 5.41) is 18.7. The summed E-state index contributed by atoms with van der Waals surface area (Å²) in [5.41, 5.74) is 1.73. The molecule has 0 aliphatic heterocycles. The molecule has 4 nitrogen and oxygen atoms in total. The molecule has 0 heterocycles. The van der Waals surface area contributed by atoms with Crippen LogP contribution in [0.2, 0.25) is 0 Å². The van der Waals surface area contributed by atoms with Crippen molar-refractivity contribution in [2.45, 2.75) is 12.1 Å². The van der Waals surface area contributed by atoms with Crippen molar-refractivity contribution in [3.05, 3.63) is 59.7 Å². The van der Waals surface area contributed by atoms with Gasteiger partial charge in [-0.05, 0) is 58.9 Å². The zero-order valence-corrected chi connectivity index (χ0v) is 11.9. The van der Waals surface area contributed by atoms with E-state index in [1.54, 1.807) is 48.5 Å². The summed E-state index contributed by atoms with van der Waals surface area (Å²) in [7, 11) is 0. The number of hydrogen-bond donors (Lipinski definition) is 4. The summed E-state index contributed by atoms with van der Waals surface area (Å²) >= 11 is 11.7. The molecule has 0 saturated heterocycles. The molecule has 0 aliphatic rings. The normalized spacial score (nSPS) is 13.9. The summed E-state index contributed by atoms with van der Waals surface area (Å²) in [6.45, 7) is 0. The molecule has 20 heavy (non-hydrogen) atoms. The number of aromatic hydroxyl groups is 2. The van der Waals surface area contributed by atoms with E-state index in [0.29, 0.717) is 0 Å². The largest absolute Gasteiger partial charge is 0.508 e. The lowest BCUT2D eigenvalue weighted by atomic mass is 9.95. The Kier molecular flexibility index (Phi) is 5.09. The van der Waals surface area contributed by atoms with E-state index in [1.807, 2.05) is 0 Å². The van der Waals surface area contributed by atoms with Crippen LogP contribution in [0.5, 0.6) is 11.5 Å². The van der Waals surface area contributed by atoms with Gasteiger partial charge in [-0.1, -0.05) is 24.3 Å². The first-order valence-electron chi connectivity index (χ1n) is 5.96. The minimum Gasteiger partial charge on any atom is -0.508 e. The molecule has 0 saturated carbocycles. The number of nitrogens with one attached hydrogen (secondary N) is 2. The van der Waals surface area contributed by atoms with Gasteiger partial charge in [0.2, 0.25) is 0 Å². The van der Waals surface area contributed by atoms with E-state index in [-0.39, 0.29) is 23.6 Å². The van der Waals surface area contributed by atoms with E-state index in [1.165, 1.54) is 0 Å². The first-order chi connectivity index (χ1) is 9.65. The van der Waals surface area contributed by atoms with E-state index >= 15 is 0 Å². The summed E-state index contributed by atoms with van der Waals surface area (Å²) < 4.78 is 0. The molecule has 2 unspecified atom stereocenters. The molecule has 2 rings (SSSR count). The maximum Gasteiger partial charge on any atom is 0.115 e. The van der Waals surface area contributed by atoms with Crippen LogP contribution < -0.4 is 9.67 Å². The Hall–Kier alpha value is -1.46. The van der Waals surface area contributed by atoms with Gasteiger partial charge in [-0.15, -0.1) is 0 Å². The molecule has 0 aliphatic carbocycles. The van der Waals surface area contributed by atoms with Gasteiger partial charge < -0.3 is 10.2 Å². The number of rotatable bonds is 5. The van der Waals surface area contributed by atoms with Crippen LogP contribution in [0.4, 0.5) is 0 Å². The Morgan fingerprint density at radius 1 is 0.650 bits per heavy atom. The van der Waals surface area contributed by atoms with Crippen molar-refractivity contribution < 1.29 is 10.2 Å². The van der Waals surface area contributed by atoms with Crippen molar-refractivity contribution >= 4 is 23.6 Å². The molecule has 0 fully saturated rings. The highest BCUT2D eigenvalue weighted by Crippen LogP contribution is 2.31. The molecular weight excluding hydrogens is 299 g/mol. The Balaban J connectivity index is 2.32. The Morgan fingerprint density at radius 3 is 1.20 bits per heavy atom. The van der Waals surface area contributed by atoms with E-state index in [0.717, 1.165) is 11.1 Å². The smallest absolute Gasteiger partial charge is 0.115 e. The molecule has 0 bridgehead atoms. The van der Waals surface area contributed by atoms with Crippen molar-refractivity contribution in [2.75, 3.05) is 0 Å². The first-order valence-corrected chi connectivity index (χ1v) is 6.71. The molecular formula is C14H14Cl2N2O2. The fraction of sp³-hybridized carbons (Fsp3) is 0.143. The van der Waals surface area contributed by atoms with Gasteiger partial charge in [0.15, 0.2) is 0 Å². The van der Waals surface area contributed by atoms with Crippen LogP contribution in [0.25, 0.3) is 0 Å². The minimum absolute atomic E-state index is 0.182. The number of phenols is 2. The Morgan fingerprint density at radius 2 is 0.950 bits per heavy atom. The molecule has 2 atom stereocenters. The van der Waals surface area contributed by atoms with Crippen LogP contribution in [0, 0.1) is 0 Å². The third kappa shape index (κ3) is 3.35. The Labute approximate surface area is 127 Å². The van der Waals surface area contributed by atoms with Gasteiger partial charge in [-0.25, -0.2) is 9.67 Å². The minimum atomic E-state index is -0.306. The quantitative estimate of drug-likeness (QED) is 0.639. The fourth-order valence-electron chi connectivity index (χ4n) is 2.00. The van der Waals surface area contributed by atoms with Crippen LogP contribution in [0.15, 0.2) is 48.5 Å². The van der Waals surface area contributed by atoms with Crippen molar-refractivity contribution in [3.63, 3.8) is 0 Å². The summed E-state index contributed by atoms with van der Waals surface area (Å²) in [4.78, 5) is 5.37. The lowest BCUT2D eigenvalue weighted by Crippen LogP contribution is -2.27. The molecule has 2 aromatic rings. The highest BCUT2D eigenvalue weighted by atomic mass is 35.5. The SMILES string of the molecule is Oc1ccc(C(NCl)C(NCl)c2ccc(O)cc2)cc1. The van der Waals surface area contributed by atoms with Crippen molar-refractivity contribution in [1.29, 1.82) is 0 Å². The summed E-state index contributed by atoms with van der Waals surface area (Å²) in [6, 6.07) is 12.8. The van der Waals surface area contributed by atoms with E-state index in [9.17, 15) is 10.2 Å². The number of hydrogen-bond acceptors (Lipinski definition) is 4. The molecule has 106 valence electrons.